The van der Waals surface area contributed by atoms with E-state index in [1.807, 2.05) is 5.51 Å². The Morgan fingerprint density at radius 1 is 1.43 bits per heavy atom. The summed E-state index contributed by atoms with van der Waals surface area (Å²) in [7, 11) is 0. The van der Waals surface area contributed by atoms with Crippen LogP contribution in [0.1, 0.15) is 5.69 Å². The monoisotopic (exact) mass is 245 g/mol. The molecule has 2 aromatic heterocycles. The first kappa shape index (κ1) is 9.89. The Bertz CT molecular complexity index is 385. The largest absolute Gasteiger partial charge is 0.361 e. The molecule has 3 nitrogen and oxygen atoms in total. The fraction of sp³-hybridized carbons (Fsp3) is 0.250. The van der Waals surface area contributed by atoms with Crippen LogP contribution in [0.5, 0.6) is 0 Å². The van der Waals surface area contributed by atoms with Gasteiger partial charge >= 0.3 is 0 Å². The molecule has 0 spiro atoms. The van der Waals surface area contributed by atoms with Crippen LogP contribution in [-0.4, -0.2) is 16.5 Å². The normalized spacial score (nSPS) is 10.4. The Morgan fingerprint density at radius 2 is 2.36 bits per heavy atom. The van der Waals surface area contributed by atoms with E-state index in [2.05, 4.69) is 20.7 Å². The van der Waals surface area contributed by atoms with Crippen LogP contribution in [0.15, 0.2) is 17.1 Å². The number of rotatable bonds is 4. The molecule has 0 aliphatic rings. The molecule has 0 amide bonds. The molecule has 6 heteroatoms. The van der Waals surface area contributed by atoms with Crippen molar-refractivity contribution in [3.05, 3.63) is 27.1 Å². The van der Waals surface area contributed by atoms with Crippen LogP contribution in [0.3, 0.4) is 0 Å². The highest BCUT2D eigenvalue weighted by atomic mass is 35.5. The van der Waals surface area contributed by atoms with Crippen LogP contribution < -0.4 is 5.32 Å². The van der Waals surface area contributed by atoms with Gasteiger partial charge in [-0.2, -0.15) is 0 Å². The standard InChI is InChI=1S/C8H8ClN3S2/c9-7-3-11-8(14-7)10-2-1-6-4-13-5-12-6/h3-5H,1-2H2,(H,10,11). The second-order valence-electron chi connectivity index (χ2n) is 2.63. The number of anilines is 1. The van der Waals surface area contributed by atoms with Crippen molar-refractivity contribution >= 4 is 39.4 Å². The molecule has 0 saturated carbocycles. The lowest BCUT2D eigenvalue weighted by molar-refractivity contribution is 0.974. The highest BCUT2D eigenvalue weighted by Crippen LogP contribution is 2.22. The molecule has 2 rings (SSSR count). The van der Waals surface area contributed by atoms with Crippen molar-refractivity contribution in [3.63, 3.8) is 0 Å². The highest BCUT2D eigenvalue weighted by Gasteiger charge is 1.99. The molecular formula is C8H8ClN3S2. The first-order valence-electron chi connectivity index (χ1n) is 4.07. The zero-order valence-electron chi connectivity index (χ0n) is 7.24. The maximum atomic E-state index is 5.74. The van der Waals surface area contributed by atoms with Crippen molar-refractivity contribution in [1.29, 1.82) is 0 Å². The summed E-state index contributed by atoms with van der Waals surface area (Å²) in [5.41, 5.74) is 2.96. The van der Waals surface area contributed by atoms with Gasteiger partial charge in [0.1, 0.15) is 4.34 Å². The molecule has 0 unspecified atom stereocenters. The summed E-state index contributed by atoms with van der Waals surface area (Å²) in [6.07, 6.45) is 2.57. The molecule has 0 aliphatic heterocycles. The molecule has 0 radical (unpaired) electrons. The number of nitrogens with one attached hydrogen (secondary N) is 1. The molecule has 2 aromatic rings. The van der Waals surface area contributed by atoms with E-state index >= 15 is 0 Å². The molecule has 14 heavy (non-hydrogen) atoms. The zero-order valence-corrected chi connectivity index (χ0v) is 9.62. The van der Waals surface area contributed by atoms with Gasteiger partial charge in [-0.15, -0.1) is 11.3 Å². The van der Waals surface area contributed by atoms with Crippen LogP contribution in [0.25, 0.3) is 0 Å². The lowest BCUT2D eigenvalue weighted by atomic mass is 10.3. The van der Waals surface area contributed by atoms with Crippen molar-refractivity contribution in [2.24, 2.45) is 0 Å². The van der Waals surface area contributed by atoms with Gasteiger partial charge in [-0.05, 0) is 0 Å². The smallest absolute Gasteiger partial charge is 0.184 e. The Hall–Kier alpha value is -0.650. The molecule has 0 atom stereocenters. The maximum absolute atomic E-state index is 5.74. The minimum Gasteiger partial charge on any atom is -0.361 e. The summed E-state index contributed by atoms with van der Waals surface area (Å²) < 4.78 is 0.709. The average molecular weight is 246 g/mol. The number of nitrogens with zero attached hydrogens (tertiary/aromatic N) is 2. The molecule has 0 aromatic carbocycles. The van der Waals surface area contributed by atoms with Crippen LogP contribution in [0, 0.1) is 0 Å². The number of thiazole rings is 2. The predicted molar refractivity (Wildman–Crippen MR) is 61.4 cm³/mol. The quantitative estimate of drug-likeness (QED) is 0.900. The van der Waals surface area contributed by atoms with Gasteiger partial charge in [-0.25, -0.2) is 9.97 Å². The molecule has 74 valence electrons. The molecule has 0 saturated heterocycles. The summed E-state index contributed by atoms with van der Waals surface area (Å²) in [6, 6.07) is 0. The number of halogens is 1. The Balaban J connectivity index is 1.78. The SMILES string of the molecule is Clc1cnc(NCCc2cscn2)s1. The fourth-order valence-electron chi connectivity index (χ4n) is 0.995. The average Bonchev–Trinajstić information content (AvgIpc) is 2.77. The highest BCUT2D eigenvalue weighted by molar-refractivity contribution is 7.19. The molecule has 1 N–H and O–H groups in total. The van der Waals surface area contributed by atoms with Gasteiger partial charge in [-0.3, -0.25) is 0 Å². The zero-order chi connectivity index (χ0) is 9.80. The van der Waals surface area contributed by atoms with E-state index in [4.69, 9.17) is 11.6 Å². The van der Waals surface area contributed by atoms with E-state index in [0.29, 0.717) is 4.34 Å². The summed E-state index contributed by atoms with van der Waals surface area (Å²) >= 11 is 8.81. The number of aromatic nitrogens is 2. The first-order valence-corrected chi connectivity index (χ1v) is 6.20. The van der Waals surface area contributed by atoms with E-state index in [1.54, 1.807) is 17.5 Å². The molecule has 0 fully saturated rings. The van der Waals surface area contributed by atoms with Crippen molar-refractivity contribution in [1.82, 2.24) is 9.97 Å². The van der Waals surface area contributed by atoms with Crippen LogP contribution >= 0.6 is 34.3 Å². The molecular weight excluding hydrogens is 238 g/mol. The van der Waals surface area contributed by atoms with Gasteiger partial charge in [0, 0.05) is 18.3 Å². The summed E-state index contributed by atoms with van der Waals surface area (Å²) in [5, 5.41) is 6.11. The van der Waals surface area contributed by atoms with Gasteiger partial charge in [0.05, 0.1) is 17.4 Å². The lowest BCUT2D eigenvalue weighted by Gasteiger charge is -1.98. The minimum atomic E-state index is 0.709. The summed E-state index contributed by atoms with van der Waals surface area (Å²) in [5.74, 6) is 0. The third kappa shape index (κ3) is 2.67. The fourth-order valence-corrected chi connectivity index (χ4v) is 2.43. The minimum absolute atomic E-state index is 0.709. The Labute approximate surface area is 94.8 Å². The molecule has 2 heterocycles. The summed E-state index contributed by atoms with van der Waals surface area (Å²) in [4.78, 5) is 8.28. The Kier molecular flexibility index (Phi) is 3.34. The van der Waals surface area contributed by atoms with Gasteiger partial charge in [-0.1, -0.05) is 22.9 Å². The van der Waals surface area contributed by atoms with Crippen LogP contribution in [-0.2, 0) is 6.42 Å². The first-order chi connectivity index (χ1) is 6.84. The van der Waals surface area contributed by atoms with Crippen LogP contribution in [0.2, 0.25) is 4.34 Å². The van der Waals surface area contributed by atoms with E-state index in [9.17, 15) is 0 Å². The van der Waals surface area contributed by atoms with Crippen molar-refractivity contribution in [2.45, 2.75) is 6.42 Å². The van der Waals surface area contributed by atoms with E-state index in [1.165, 1.54) is 11.3 Å². The number of hydrogen-bond acceptors (Lipinski definition) is 5. The second-order valence-corrected chi connectivity index (χ2v) is 5.01. The predicted octanol–water partition coefficient (Wildman–Crippen LogP) is 2.91. The van der Waals surface area contributed by atoms with Gasteiger partial charge in [0.25, 0.3) is 0 Å². The van der Waals surface area contributed by atoms with Crippen LogP contribution in [0.4, 0.5) is 5.13 Å². The van der Waals surface area contributed by atoms with Gasteiger partial charge in [0.15, 0.2) is 5.13 Å². The second kappa shape index (κ2) is 4.72. The van der Waals surface area contributed by atoms with E-state index < -0.39 is 0 Å². The third-order valence-corrected chi connectivity index (χ3v) is 3.33. The lowest BCUT2D eigenvalue weighted by Crippen LogP contribution is -2.04. The van der Waals surface area contributed by atoms with Crippen molar-refractivity contribution in [3.8, 4) is 0 Å². The van der Waals surface area contributed by atoms with Crippen molar-refractivity contribution < 1.29 is 0 Å². The Morgan fingerprint density at radius 3 is 3.00 bits per heavy atom. The molecule has 0 bridgehead atoms. The van der Waals surface area contributed by atoms with Gasteiger partial charge < -0.3 is 5.32 Å². The number of hydrogen-bond donors (Lipinski definition) is 1. The van der Waals surface area contributed by atoms with E-state index in [-0.39, 0.29) is 0 Å². The van der Waals surface area contributed by atoms with Crippen molar-refractivity contribution in [2.75, 3.05) is 11.9 Å². The molecule has 0 aliphatic carbocycles. The van der Waals surface area contributed by atoms with Gasteiger partial charge in [0.2, 0.25) is 0 Å². The maximum Gasteiger partial charge on any atom is 0.184 e. The summed E-state index contributed by atoms with van der Waals surface area (Å²) in [6.45, 7) is 0.841. The third-order valence-electron chi connectivity index (χ3n) is 1.62. The van der Waals surface area contributed by atoms with E-state index in [0.717, 1.165) is 23.8 Å². The topological polar surface area (TPSA) is 37.8 Å².